The molecule has 21 heavy (non-hydrogen) atoms. The van der Waals surface area contributed by atoms with Crippen molar-refractivity contribution in [3.8, 4) is 0 Å². The molecule has 0 saturated heterocycles. The van der Waals surface area contributed by atoms with Gasteiger partial charge in [-0.25, -0.2) is 0 Å². The average Bonchev–Trinajstić information content (AvgIpc) is 2.49. The van der Waals surface area contributed by atoms with Gasteiger partial charge in [0.25, 0.3) is 0 Å². The highest BCUT2D eigenvalue weighted by molar-refractivity contribution is 6.30. The number of hydrogen-bond acceptors (Lipinski definition) is 2. The van der Waals surface area contributed by atoms with Crippen molar-refractivity contribution < 1.29 is 4.79 Å². The van der Waals surface area contributed by atoms with Crippen molar-refractivity contribution in [1.29, 1.82) is 0 Å². The largest absolute Gasteiger partial charge is 0.368 e. The molecule has 3 nitrogen and oxygen atoms in total. The molecule has 1 unspecified atom stereocenters. The Balaban J connectivity index is 1.88. The Morgan fingerprint density at radius 2 is 1.90 bits per heavy atom. The maximum absolute atomic E-state index is 11.9. The van der Waals surface area contributed by atoms with Gasteiger partial charge in [-0.3, -0.25) is 9.69 Å². The lowest BCUT2D eigenvalue weighted by Gasteiger charge is -2.35. The smallest absolute Gasteiger partial charge is 0.239 e. The molecule has 0 bridgehead atoms. The maximum Gasteiger partial charge on any atom is 0.239 e. The van der Waals surface area contributed by atoms with Crippen LogP contribution < -0.4 is 5.73 Å². The highest BCUT2D eigenvalue weighted by atomic mass is 35.5. The molecule has 0 aromatic heterocycles. The van der Waals surface area contributed by atoms with Crippen molar-refractivity contribution in [3.05, 3.63) is 70.2 Å². The summed E-state index contributed by atoms with van der Waals surface area (Å²) in [5, 5.41) is 0.717. The first-order chi connectivity index (χ1) is 10.1. The fourth-order valence-corrected chi connectivity index (χ4v) is 3.07. The normalized spacial score (nSPS) is 18.2. The minimum absolute atomic E-state index is 0.295. The summed E-state index contributed by atoms with van der Waals surface area (Å²) in [4.78, 5) is 14.1. The van der Waals surface area contributed by atoms with Crippen LogP contribution in [0.25, 0.3) is 0 Å². The maximum atomic E-state index is 11.9. The molecule has 1 aliphatic heterocycles. The zero-order chi connectivity index (χ0) is 14.8. The Morgan fingerprint density at radius 1 is 1.19 bits per heavy atom. The van der Waals surface area contributed by atoms with E-state index in [9.17, 15) is 4.79 Å². The van der Waals surface area contributed by atoms with Gasteiger partial charge < -0.3 is 5.73 Å². The second kappa shape index (κ2) is 5.88. The molecule has 2 aromatic rings. The monoisotopic (exact) mass is 300 g/mol. The van der Waals surface area contributed by atoms with Crippen molar-refractivity contribution in [2.75, 3.05) is 6.54 Å². The van der Waals surface area contributed by atoms with Crippen LogP contribution in [0.1, 0.15) is 22.7 Å². The van der Waals surface area contributed by atoms with Gasteiger partial charge in [0, 0.05) is 18.1 Å². The molecule has 0 saturated carbocycles. The molecular formula is C17H17ClN2O. The minimum Gasteiger partial charge on any atom is -0.368 e. The zero-order valence-electron chi connectivity index (χ0n) is 11.6. The Kier molecular flexibility index (Phi) is 3.95. The second-order valence-electron chi connectivity index (χ2n) is 5.35. The van der Waals surface area contributed by atoms with Gasteiger partial charge in [0.05, 0.1) is 0 Å². The summed E-state index contributed by atoms with van der Waals surface area (Å²) in [5.41, 5.74) is 9.03. The lowest BCUT2D eigenvalue weighted by molar-refractivity contribution is -0.124. The number of fused-ring (bicyclic) bond motifs is 1. The van der Waals surface area contributed by atoms with Crippen LogP contribution in [0, 0.1) is 0 Å². The number of carbonyl (C=O) groups excluding carboxylic acids is 1. The molecule has 1 amide bonds. The van der Waals surface area contributed by atoms with Crippen molar-refractivity contribution in [2.45, 2.75) is 19.0 Å². The van der Waals surface area contributed by atoms with E-state index in [1.807, 2.05) is 42.5 Å². The number of nitrogens with two attached hydrogens (primary N) is 1. The van der Waals surface area contributed by atoms with Gasteiger partial charge in [0.1, 0.15) is 6.04 Å². The van der Waals surface area contributed by atoms with Crippen molar-refractivity contribution >= 4 is 17.5 Å². The number of halogens is 1. The SMILES string of the molecule is NC(=O)C1c2ccccc2CCN1Cc1ccc(Cl)cc1. The summed E-state index contributed by atoms with van der Waals surface area (Å²) >= 11 is 5.91. The molecule has 0 radical (unpaired) electrons. The molecule has 0 aliphatic carbocycles. The standard InChI is InChI=1S/C17H17ClN2O/c18-14-7-5-12(6-8-14)11-20-10-9-13-3-1-2-4-15(13)16(20)17(19)21/h1-8,16H,9-11H2,(H2,19,21). The molecule has 0 spiro atoms. The molecule has 0 fully saturated rings. The molecule has 2 N–H and O–H groups in total. The third-order valence-electron chi connectivity index (χ3n) is 3.95. The fraction of sp³-hybridized carbons (Fsp3) is 0.235. The predicted molar refractivity (Wildman–Crippen MR) is 83.9 cm³/mol. The van der Waals surface area contributed by atoms with E-state index in [0.717, 1.165) is 24.1 Å². The van der Waals surface area contributed by atoms with Gasteiger partial charge in [-0.15, -0.1) is 0 Å². The van der Waals surface area contributed by atoms with Crippen molar-refractivity contribution in [1.82, 2.24) is 4.90 Å². The van der Waals surface area contributed by atoms with Gasteiger partial charge >= 0.3 is 0 Å². The Labute approximate surface area is 129 Å². The van der Waals surface area contributed by atoms with Crippen LogP contribution >= 0.6 is 11.6 Å². The molecule has 1 aliphatic rings. The summed E-state index contributed by atoms with van der Waals surface area (Å²) in [6.45, 7) is 1.52. The Bertz CT molecular complexity index is 654. The summed E-state index contributed by atoms with van der Waals surface area (Å²) in [6.07, 6.45) is 0.938. The van der Waals surface area contributed by atoms with Crippen molar-refractivity contribution in [3.63, 3.8) is 0 Å². The van der Waals surface area contributed by atoms with Crippen LogP contribution in [0.3, 0.4) is 0 Å². The van der Waals surface area contributed by atoms with Crippen LogP contribution in [-0.4, -0.2) is 17.4 Å². The first-order valence-corrected chi connectivity index (χ1v) is 7.38. The lowest BCUT2D eigenvalue weighted by Crippen LogP contribution is -2.42. The van der Waals surface area contributed by atoms with E-state index in [2.05, 4.69) is 11.0 Å². The average molecular weight is 301 g/mol. The number of amides is 1. The van der Waals surface area contributed by atoms with Crippen LogP contribution in [0.4, 0.5) is 0 Å². The van der Waals surface area contributed by atoms with Crippen LogP contribution in [-0.2, 0) is 17.8 Å². The predicted octanol–water partition coefficient (Wildman–Crippen LogP) is 2.92. The molecule has 1 atom stereocenters. The number of nitrogens with zero attached hydrogens (tertiary/aromatic N) is 1. The third-order valence-corrected chi connectivity index (χ3v) is 4.20. The summed E-state index contributed by atoms with van der Waals surface area (Å²) in [6, 6.07) is 15.4. The Morgan fingerprint density at radius 3 is 2.62 bits per heavy atom. The van der Waals surface area contributed by atoms with E-state index in [1.54, 1.807) is 0 Å². The van der Waals surface area contributed by atoms with E-state index in [1.165, 1.54) is 5.56 Å². The van der Waals surface area contributed by atoms with Crippen LogP contribution in [0.2, 0.25) is 5.02 Å². The van der Waals surface area contributed by atoms with Gasteiger partial charge in [-0.1, -0.05) is 48.0 Å². The fourth-order valence-electron chi connectivity index (χ4n) is 2.95. The highest BCUT2D eigenvalue weighted by Crippen LogP contribution is 2.30. The molecule has 1 heterocycles. The summed E-state index contributed by atoms with van der Waals surface area (Å²) in [7, 11) is 0. The molecule has 3 rings (SSSR count). The van der Waals surface area contributed by atoms with E-state index in [-0.39, 0.29) is 11.9 Å². The van der Waals surface area contributed by atoms with E-state index < -0.39 is 0 Å². The molecule has 2 aromatic carbocycles. The molecule has 4 heteroatoms. The van der Waals surface area contributed by atoms with Gasteiger partial charge in [0.15, 0.2) is 0 Å². The number of primary amides is 1. The van der Waals surface area contributed by atoms with Gasteiger partial charge in [0.2, 0.25) is 5.91 Å². The third kappa shape index (κ3) is 2.94. The number of hydrogen-bond donors (Lipinski definition) is 1. The van der Waals surface area contributed by atoms with Gasteiger partial charge in [-0.05, 0) is 35.2 Å². The summed E-state index contributed by atoms with van der Waals surface area (Å²) < 4.78 is 0. The zero-order valence-corrected chi connectivity index (χ0v) is 12.4. The highest BCUT2D eigenvalue weighted by Gasteiger charge is 2.31. The van der Waals surface area contributed by atoms with Crippen molar-refractivity contribution in [2.24, 2.45) is 5.73 Å². The van der Waals surface area contributed by atoms with E-state index in [0.29, 0.717) is 11.6 Å². The number of carbonyl (C=O) groups is 1. The quantitative estimate of drug-likeness (QED) is 0.947. The minimum atomic E-state index is -0.356. The van der Waals surface area contributed by atoms with Crippen LogP contribution in [0.15, 0.2) is 48.5 Å². The molecule has 108 valence electrons. The van der Waals surface area contributed by atoms with E-state index >= 15 is 0 Å². The number of benzene rings is 2. The number of rotatable bonds is 3. The first-order valence-electron chi connectivity index (χ1n) is 7.01. The summed E-state index contributed by atoms with van der Waals surface area (Å²) in [5.74, 6) is -0.295. The van der Waals surface area contributed by atoms with E-state index in [4.69, 9.17) is 17.3 Å². The topological polar surface area (TPSA) is 46.3 Å². The molecular weight excluding hydrogens is 284 g/mol. The van der Waals surface area contributed by atoms with Gasteiger partial charge in [-0.2, -0.15) is 0 Å². The second-order valence-corrected chi connectivity index (χ2v) is 5.79. The lowest BCUT2D eigenvalue weighted by atomic mass is 9.92. The van der Waals surface area contributed by atoms with Crippen LogP contribution in [0.5, 0.6) is 0 Å². The first kappa shape index (κ1) is 14.1. The Hall–Kier alpha value is -1.84.